The Morgan fingerprint density at radius 2 is 1.92 bits per heavy atom. The van der Waals surface area contributed by atoms with Gasteiger partial charge >= 0.3 is 0 Å². The van der Waals surface area contributed by atoms with Crippen LogP contribution >= 0.6 is 23.1 Å². The van der Waals surface area contributed by atoms with Gasteiger partial charge in [0, 0.05) is 24.4 Å². The Balaban J connectivity index is 1.48. The summed E-state index contributed by atoms with van der Waals surface area (Å²) in [5.74, 6) is 0.892. The fourth-order valence-electron chi connectivity index (χ4n) is 5.15. The van der Waals surface area contributed by atoms with Crippen LogP contribution in [0, 0.1) is 5.92 Å². The topological polar surface area (TPSA) is 91.0 Å². The van der Waals surface area contributed by atoms with Crippen molar-refractivity contribution >= 4 is 45.0 Å². The van der Waals surface area contributed by atoms with Gasteiger partial charge in [-0.05, 0) is 24.0 Å². The smallest absolute Gasteiger partial charge is 0.264 e. The Morgan fingerprint density at radius 3 is 2.66 bits per heavy atom. The fourth-order valence-corrected chi connectivity index (χ4v) is 7.39. The lowest BCUT2D eigenvalue weighted by Crippen LogP contribution is -2.44. The van der Waals surface area contributed by atoms with Crippen LogP contribution in [0.3, 0.4) is 0 Å². The molecular formula is C27H31N5O4S2. The van der Waals surface area contributed by atoms with E-state index < -0.39 is 0 Å². The summed E-state index contributed by atoms with van der Waals surface area (Å²) in [4.78, 5) is 31.0. The van der Waals surface area contributed by atoms with Crippen molar-refractivity contribution in [3.63, 3.8) is 0 Å². The largest absolute Gasteiger partial charge is 0.378 e. The molecule has 2 aliphatic rings. The SMILES string of the molecule is CC(C)[C@@H]1Cc2c(sc3c2c(=O)n(Cc2ccccc2)c2nnc(S[C@@H](C)C(=O)N4CCOCC4)n32)CO1. The molecule has 38 heavy (non-hydrogen) atoms. The standard InChI is InChI=1S/C27H31N5O4S2/c1-16(2)20-13-19-21(15-36-20)38-25-22(19)24(34)31(14-18-7-5-4-6-8-18)26-28-29-27(32(25)26)37-17(3)23(33)30-9-11-35-12-10-30/h4-8,16-17,20H,9-15H2,1-3H3/t17-,20-/m0/s1. The van der Waals surface area contributed by atoms with Crippen LogP contribution in [0.5, 0.6) is 0 Å². The van der Waals surface area contributed by atoms with Crippen LogP contribution < -0.4 is 5.56 Å². The number of nitrogens with zero attached hydrogens (tertiary/aromatic N) is 5. The number of rotatable bonds is 6. The predicted octanol–water partition coefficient (Wildman–Crippen LogP) is 3.59. The molecule has 2 aliphatic heterocycles. The van der Waals surface area contributed by atoms with E-state index in [1.54, 1.807) is 15.9 Å². The van der Waals surface area contributed by atoms with Crippen molar-refractivity contribution in [1.29, 1.82) is 0 Å². The molecule has 6 rings (SSSR count). The summed E-state index contributed by atoms with van der Waals surface area (Å²) < 4.78 is 15.2. The van der Waals surface area contributed by atoms with Gasteiger partial charge in [0.1, 0.15) is 4.83 Å². The second-order valence-electron chi connectivity index (χ2n) is 10.2. The molecule has 1 saturated heterocycles. The Kier molecular flexibility index (Phi) is 7.02. The molecule has 0 saturated carbocycles. The lowest BCUT2D eigenvalue weighted by molar-refractivity contribution is -0.134. The molecule has 0 aliphatic carbocycles. The molecule has 1 aromatic carbocycles. The maximum Gasteiger partial charge on any atom is 0.264 e. The van der Waals surface area contributed by atoms with Gasteiger partial charge in [0.2, 0.25) is 11.7 Å². The number of aromatic nitrogens is 4. The Labute approximate surface area is 228 Å². The zero-order valence-corrected chi connectivity index (χ0v) is 23.4. The fraction of sp³-hybridized carbons (Fsp3) is 0.481. The number of thiophene rings is 1. The zero-order chi connectivity index (χ0) is 26.4. The molecule has 1 fully saturated rings. The number of amides is 1. The molecule has 1 amide bonds. The monoisotopic (exact) mass is 553 g/mol. The van der Waals surface area contributed by atoms with Gasteiger partial charge in [0.05, 0.1) is 43.1 Å². The lowest BCUT2D eigenvalue weighted by atomic mass is 9.96. The number of hydrogen-bond acceptors (Lipinski definition) is 8. The van der Waals surface area contributed by atoms with Crippen molar-refractivity contribution in [2.45, 2.75) is 56.9 Å². The summed E-state index contributed by atoms with van der Waals surface area (Å²) in [6, 6.07) is 9.92. The van der Waals surface area contributed by atoms with Crippen molar-refractivity contribution < 1.29 is 14.3 Å². The van der Waals surface area contributed by atoms with Gasteiger partial charge in [0.25, 0.3) is 5.56 Å². The van der Waals surface area contributed by atoms with Crippen molar-refractivity contribution in [2.75, 3.05) is 26.3 Å². The second kappa shape index (κ2) is 10.4. The molecule has 2 atom stereocenters. The molecule has 5 heterocycles. The van der Waals surface area contributed by atoms with Gasteiger partial charge < -0.3 is 14.4 Å². The summed E-state index contributed by atoms with van der Waals surface area (Å²) in [7, 11) is 0. The number of benzene rings is 1. The van der Waals surface area contributed by atoms with E-state index in [-0.39, 0.29) is 22.8 Å². The Bertz CT molecular complexity index is 1540. The highest BCUT2D eigenvalue weighted by Gasteiger charge is 2.31. The summed E-state index contributed by atoms with van der Waals surface area (Å²) in [5.41, 5.74) is 2.03. The van der Waals surface area contributed by atoms with E-state index in [2.05, 4.69) is 24.0 Å². The molecule has 11 heteroatoms. The highest BCUT2D eigenvalue weighted by atomic mass is 32.2. The van der Waals surface area contributed by atoms with Gasteiger partial charge in [-0.3, -0.25) is 14.2 Å². The minimum atomic E-state index is -0.353. The normalized spacial score (nSPS) is 18.8. The third kappa shape index (κ3) is 4.55. The number of carbonyl (C=O) groups excluding carboxylic acids is 1. The number of fused-ring (bicyclic) bond motifs is 5. The highest BCUT2D eigenvalue weighted by Crippen LogP contribution is 2.37. The number of carbonyl (C=O) groups is 1. The summed E-state index contributed by atoms with van der Waals surface area (Å²) in [5, 5.41) is 9.96. The molecule has 0 unspecified atom stereocenters. The van der Waals surface area contributed by atoms with E-state index in [1.165, 1.54) is 11.8 Å². The van der Waals surface area contributed by atoms with E-state index >= 15 is 0 Å². The lowest BCUT2D eigenvalue weighted by Gasteiger charge is -2.28. The number of hydrogen-bond donors (Lipinski definition) is 0. The van der Waals surface area contributed by atoms with Gasteiger partial charge in [-0.25, -0.2) is 4.40 Å². The van der Waals surface area contributed by atoms with Crippen LogP contribution in [-0.4, -0.2) is 67.6 Å². The average molecular weight is 554 g/mol. The van der Waals surface area contributed by atoms with Crippen LogP contribution in [0.1, 0.15) is 36.8 Å². The van der Waals surface area contributed by atoms with Gasteiger partial charge in [-0.1, -0.05) is 55.9 Å². The predicted molar refractivity (Wildman–Crippen MR) is 148 cm³/mol. The first-order chi connectivity index (χ1) is 18.4. The third-order valence-corrected chi connectivity index (χ3v) is 9.53. The Hall–Kier alpha value is -2.73. The van der Waals surface area contributed by atoms with Crippen LogP contribution in [-0.2, 0) is 33.8 Å². The van der Waals surface area contributed by atoms with Gasteiger partial charge in [-0.2, -0.15) is 0 Å². The maximum absolute atomic E-state index is 14.1. The molecule has 0 radical (unpaired) electrons. The first kappa shape index (κ1) is 25.5. The van der Waals surface area contributed by atoms with E-state index in [4.69, 9.17) is 9.47 Å². The van der Waals surface area contributed by atoms with Crippen molar-refractivity contribution in [3.8, 4) is 0 Å². The van der Waals surface area contributed by atoms with Crippen LogP contribution in [0.4, 0.5) is 0 Å². The maximum atomic E-state index is 14.1. The number of ether oxygens (including phenoxy) is 2. The van der Waals surface area contributed by atoms with E-state index in [9.17, 15) is 9.59 Å². The van der Waals surface area contributed by atoms with Gasteiger partial charge in [-0.15, -0.1) is 21.5 Å². The van der Waals surface area contributed by atoms with Gasteiger partial charge in [0.15, 0.2) is 5.16 Å². The third-order valence-electron chi connectivity index (χ3n) is 7.31. The number of thioether (sulfide) groups is 1. The van der Waals surface area contributed by atoms with E-state index in [0.717, 1.165) is 26.2 Å². The summed E-state index contributed by atoms with van der Waals surface area (Å²) >= 11 is 2.96. The molecule has 0 spiro atoms. The van der Waals surface area contributed by atoms with Crippen molar-refractivity contribution in [3.05, 3.63) is 56.7 Å². The minimum absolute atomic E-state index is 0.0559. The summed E-state index contributed by atoms with van der Waals surface area (Å²) in [6.07, 6.45) is 0.772. The second-order valence-corrected chi connectivity index (χ2v) is 12.6. The van der Waals surface area contributed by atoms with Crippen molar-refractivity contribution in [2.24, 2.45) is 5.92 Å². The highest BCUT2D eigenvalue weighted by molar-refractivity contribution is 8.00. The molecule has 0 N–H and O–H groups in total. The van der Waals surface area contributed by atoms with Crippen LogP contribution in [0.15, 0.2) is 40.3 Å². The molecule has 200 valence electrons. The minimum Gasteiger partial charge on any atom is -0.378 e. The van der Waals surface area contributed by atoms with Crippen LogP contribution in [0.2, 0.25) is 0 Å². The number of morpholine rings is 1. The molecule has 0 bridgehead atoms. The first-order valence-corrected chi connectivity index (χ1v) is 14.7. The molecule has 9 nitrogen and oxygen atoms in total. The molecule has 4 aromatic rings. The van der Waals surface area contributed by atoms with E-state index in [1.807, 2.05) is 46.6 Å². The summed E-state index contributed by atoms with van der Waals surface area (Å²) in [6.45, 7) is 9.40. The van der Waals surface area contributed by atoms with Crippen molar-refractivity contribution in [1.82, 2.24) is 24.1 Å². The van der Waals surface area contributed by atoms with Crippen LogP contribution in [0.25, 0.3) is 16.0 Å². The van der Waals surface area contributed by atoms with E-state index in [0.29, 0.717) is 62.7 Å². The Morgan fingerprint density at radius 1 is 1.16 bits per heavy atom. The first-order valence-electron chi connectivity index (χ1n) is 13.0. The zero-order valence-electron chi connectivity index (χ0n) is 21.8. The quantitative estimate of drug-likeness (QED) is 0.337. The molecule has 3 aromatic heterocycles. The molecular weight excluding hydrogens is 522 g/mol. The average Bonchev–Trinajstić information content (AvgIpc) is 3.52.